The van der Waals surface area contributed by atoms with E-state index in [1.54, 1.807) is 24.3 Å². The van der Waals surface area contributed by atoms with Crippen LogP contribution in [0, 0.1) is 0 Å². The number of amides is 3. The van der Waals surface area contributed by atoms with E-state index in [1.165, 1.54) is 24.3 Å². The van der Waals surface area contributed by atoms with Gasteiger partial charge in [-0.05, 0) is 12.1 Å². The minimum atomic E-state index is -5.82. The average molecular weight is 422 g/mol. The fraction of sp³-hybridized carbons (Fsp3) is 0.471. The van der Waals surface area contributed by atoms with Crippen molar-refractivity contribution in [2.75, 3.05) is 37.4 Å². The molecule has 2 rings (SSSR count). The fourth-order valence-electron chi connectivity index (χ4n) is 2.66. The molecule has 0 saturated heterocycles. The van der Waals surface area contributed by atoms with E-state index in [1.807, 2.05) is 0 Å². The van der Waals surface area contributed by atoms with E-state index in [4.69, 9.17) is 0 Å². The number of fused-ring (bicyclic) bond motifs is 1. The van der Waals surface area contributed by atoms with Crippen molar-refractivity contribution in [2.24, 2.45) is 0 Å². The number of rotatable bonds is 5. The second kappa shape index (κ2) is 8.21. The highest BCUT2D eigenvalue weighted by Gasteiger charge is 2.57. The molecule has 1 aliphatic heterocycles. The first kappa shape index (κ1) is 22.4. The van der Waals surface area contributed by atoms with E-state index < -0.39 is 48.8 Å². The van der Waals surface area contributed by atoms with Crippen molar-refractivity contribution in [3.05, 3.63) is 24.3 Å². The summed E-state index contributed by atoms with van der Waals surface area (Å²) in [5, 5.41) is 4.40. The molecule has 29 heavy (non-hydrogen) atoms. The SMILES string of the molecule is CN1C(=O)[C@@H](N(C)C(=O)CC(=O)NCC(F)(F)C(F)(F)F)CNc2ccccc21. The summed E-state index contributed by atoms with van der Waals surface area (Å²) >= 11 is 0. The van der Waals surface area contributed by atoms with Gasteiger partial charge in [-0.25, -0.2) is 0 Å². The summed E-state index contributed by atoms with van der Waals surface area (Å²) < 4.78 is 62.1. The fourth-order valence-corrected chi connectivity index (χ4v) is 2.66. The van der Waals surface area contributed by atoms with Crippen LogP contribution in [-0.2, 0) is 14.4 Å². The number of benzene rings is 1. The molecule has 7 nitrogen and oxygen atoms in total. The van der Waals surface area contributed by atoms with Gasteiger partial charge in [0.05, 0.1) is 17.9 Å². The molecule has 3 amide bonds. The minimum absolute atomic E-state index is 0.0240. The third kappa shape index (κ3) is 4.93. The molecule has 0 saturated carbocycles. The Balaban J connectivity index is 1.99. The number of hydrogen-bond acceptors (Lipinski definition) is 4. The van der Waals surface area contributed by atoms with Gasteiger partial charge in [0.15, 0.2) is 0 Å². The number of carbonyl (C=O) groups excluding carboxylic acids is 3. The third-order valence-corrected chi connectivity index (χ3v) is 4.46. The third-order valence-electron chi connectivity index (χ3n) is 4.46. The highest BCUT2D eigenvalue weighted by Crippen LogP contribution is 2.34. The van der Waals surface area contributed by atoms with Crippen molar-refractivity contribution >= 4 is 29.1 Å². The predicted molar refractivity (Wildman–Crippen MR) is 93.5 cm³/mol. The van der Waals surface area contributed by atoms with Crippen molar-refractivity contribution < 1.29 is 36.3 Å². The van der Waals surface area contributed by atoms with Crippen LogP contribution in [0.2, 0.25) is 0 Å². The molecule has 0 radical (unpaired) electrons. The molecular weight excluding hydrogens is 403 g/mol. The van der Waals surface area contributed by atoms with Crippen LogP contribution in [0.15, 0.2) is 24.3 Å². The molecule has 1 aliphatic rings. The average Bonchev–Trinajstić information content (AvgIpc) is 2.76. The number of alkyl halides is 5. The molecule has 1 heterocycles. The summed E-state index contributed by atoms with van der Waals surface area (Å²) in [4.78, 5) is 38.9. The Bertz CT molecular complexity index is 800. The number of halogens is 5. The lowest BCUT2D eigenvalue weighted by Crippen LogP contribution is -2.52. The molecule has 0 bridgehead atoms. The first-order valence-electron chi connectivity index (χ1n) is 8.42. The summed E-state index contributed by atoms with van der Waals surface area (Å²) in [6.07, 6.45) is -6.80. The zero-order chi connectivity index (χ0) is 22.0. The molecule has 0 aliphatic carbocycles. The van der Waals surface area contributed by atoms with Crippen LogP contribution in [-0.4, -0.2) is 67.9 Å². The Labute approximate surface area is 162 Å². The molecule has 0 fully saturated rings. The van der Waals surface area contributed by atoms with Crippen LogP contribution in [0.25, 0.3) is 0 Å². The summed E-state index contributed by atoms with van der Waals surface area (Å²) in [7, 11) is 2.75. The van der Waals surface area contributed by atoms with E-state index in [9.17, 15) is 36.3 Å². The van der Waals surface area contributed by atoms with Gasteiger partial charge in [0, 0.05) is 20.6 Å². The number of para-hydroxylation sites is 2. The smallest absolute Gasteiger partial charge is 0.381 e. The number of nitrogens with one attached hydrogen (secondary N) is 2. The summed E-state index contributed by atoms with van der Waals surface area (Å²) in [5.74, 6) is -7.79. The highest BCUT2D eigenvalue weighted by molar-refractivity contribution is 6.04. The Morgan fingerprint density at radius 1 is 1.24 bits per heavy atom. The quantitative estimate of drug-likeness (QED) is 0.558. The number of likely N-dealkylation sites (N-methyl/N-ethyl adjacent to an activating group) is 2. The molecule has 1 atom stereocenters. The molecule has 0 spiro atoms. The normalized spacial score (nSPS) is 17.1. The Morgan fingerprint density at radius 3 is 2.48 bits per heavy atom. The zero-order valence-electron chi connectivity index (χ0n) is 15.5. The van der Waals surface area contributed by atoms with Gasteiger partial charge in [-0.15, -0.1) is 0 Å². The standard InChI is InChI=1S/C17H19F5N4O3/c1-25(14(28)7-13(27)24-9-16(18,19)17(20,21)22)12-8-23-10-5-3-4-6-11(10)26(2)15(12)29/h3-6,12,23H,7-9H2,1-2H3,(H,24,27)/t12-/m0/s1. The number of carbonyl (C=O) groups is 3. The largest absolute Gasteiger partial charge is 0.455 e. The molecular formula is C17H19F5N4O3. The van der Waals surface area contributed by atoms with Gasteiger partial charge in [0.1, 0.15) is 12.5 Å². The summed E-state index contributed by atoms with van der Waals surface area (Å²) in [6, 6.07) is 5.89. The van der Waals surface area contributed by atoms with Crippen LogP contribution >= 0.6 is 0 Å². The lowest BCUT2D eigenvalue weighted by molar-refractivity contribution is -0.278. The van der Waals surface area contributed by atoms with E-state index >= 15 is 0 Å². The lowest BCUT2D eigenvalue weighted by Gasteiger charge is -2.28. The molecule has 0 aromatic heterocycles. The van der Waals surface area contributed by atoms with Gasteiger partial charge in [0.25, 0.3) is 5.91 Å². The Hall–Kier alpha value is -2.92. The van der Waals surface area contributed by atoms with Crippen LogP contribution in [0.4, 0.5) is 33.3 Å². The maximum atomic E-state index is 12.9. The van der Waals surface area contributed by atoms with Gasteiger partial charge >= 0.3 is 12.1 Å². The van der Waals surface area contributed by atoms with E-state index in [-0.39, 0.29) is 6.54 Å². The summed E-state index contributed by atoms with van der Waals surface area (Å²) in [6.45, 7) is -1.95. The zero-order valence-corrected chi connectivity index (χ0v) is 15.5. The van der Waals surface area contributed by atoms with Crippen molar-refractivity contribution in [3.63, 3.8) is 0 Å². The topological polar surface area (TPSA) is 81.8 Å². The van der Waals surface area contributed by atoms with Crippen molar-refractivity contribution in [3.8, 4) is 0 Å². The Morgan fingerprint density at radius 2 is 1.86 bits per heavy atom. The van der Waals surface area contributed by atoms with Crippen molar-refractivity contribution in [1.29, 1.82) is 0 Å². The van der Waals surface area contributed by atoms with Gasteiger partial charge in [-0.1, -0.05) is 12.1 Å². The van der Waals surface area contributed by atoms with Crippen LogP contribution in [0.1, 0.15) is 6.42 Å². The Kier molecular flexibility index (Phi) is 6.34. The van der Waals surface area contributed by atoms with Gasteiger partial charge in [-0.2, -0.15) is 22.0 Å². The van der Waals surface area contributed by atoms with E-state index in [0.717, 1.165) is 4.90 Å². The highest BCUT2D eigenvalue weighted by atomic mass is 19.4. The first-order valence-corrected chi connectivity index (χ1v) is 8.42. The molecule has 160 valence electrons. The van der Waals surface area contributed by atoms with Gasteiger partial charge < -0.3 is 20.4 Å². The molecule has 1 aromatic carbocycles. The summed E-state index contributed by atoms with van der Waals surface area (Å²) in [5.41, 5.74) is 1.23. The predicted octanol–water partition coefficient (Wildman–Crippen LogP) is 1.61. The van der Waals surface area contributed by atoms with Gasteiger partial charge in [-0.3, -0.25) is 14.4 Å². The maximum Gasteiger partial charge on any atom is 0.455 e. The number of hydrogen-bond donors (Lipinski definition) is 2. The molecule has 2 N–H and O–H groups in total. The number of nitrogens with zero attached hydrogens (tertiary/aromatic N) is 2. The molecule has 1 aromatic rings. The maximum absolute atomic E-state index is 12.9. The van der Waals surface area contributed by atoms with Crippen LogP contribution < -0.4 is 15.5 Å². The van der Waals surface area contributed by atoms with Gasteiger partial charge in [0.2, 0.25) is 11.8 Å². The van der Waals surface area contributed by atoms with E-state index in [0.29, 0.717) is 11.4 Å². The first-order chi connectivity index (χ1) is 13.3. The minimum Gasteiger partial charge on any atom is -0.381 e. The second-order valence-corrected chi connectivity index (χ2v) is 6.47. The molecule has 12 heteroatoms. The van der Waals surface area contributed by atoms with Crippen molar-refractivity contribution in [2.45, 2.75) is 24.6 Å². The second-order valence-electron chi connectivity index (χ2n) is 6.47. The number of anilines is 2. The van der Waals surface area contributed by atoms with Crippen LogP contribution in [0.3, 0.4) is 0 Å². The lowest BCUT2D eigenvalue weighted by atomic mass is 10.2. The van der Waals surface area contributed by atoms with Crippen molar-refractivity contribution in [1.82, 2.24) is 10.2 Å². The monoisotopic (exact) mass is 422 g/mol. The van der Waals surface area contributed by atoms with Crippen LogP contribution in [0.5, 0.6) is 0 Å². The van der Waals surface area contributed by atoms with E-state index in [2.05, 4.69) is 5.32 Å². The molecule has 0 unspecified atom stereocenters.